The maximum atomic E-state index is 11.1. The lowest BCUT2D eigenvalue weighted by atomic mass is 10.2. The van der Waals surface area contributed by atoms with Gasteiger partial charge in [0.1, 0.15) is 17.1 Å². The van der Waals surface area contributed by atoms with E-state index in [9.17, 15) is 4.79 Å². The van der Waals surface area contributed by atoms with E-state index in [4.69, 9.17) is 15.6 Å². The van der Waals surface area contributed by atoms with Gasteiger partial charge in [0.05, 0.1) is 0 Å². The summed E-state index contributed by atoms with van der Waals surface area (Å²) in [5.74, 6) is -0.265. The van der Waals surface area contributed by atoms with Gasteiger partial charge in [-0.3, -0.25) is 0 Å². The zero-order valence-corrected chi connectivity index (χ0v) is 10.8. The zero-order chi connectivity index (χ0) is 13.1. The summed E-state index contributed by atoms with van der Waals surface area (Å²) in [6, 6.07) is 11.7. The highest BCUT2D eigenvalue weighted by atomic mass is 79.9. The summed E-state index contributed by atoms with van der Waals surface area (Å²) in [5, 5.41) is 9.08. The molecule has 0 spiro atoms. The number of rotatable bonds is 3. The molecule has 0 amide bonds. The van der Waals surface area contributed by atoms with Crippen LogP contribution in [0.3, 0.4) is 0 Å². The average Bonchev–Trinajstić information content (AvgIpc) is 2.31. The average molecular weight is 308 g/mol. The van der Waals surface area contributed by atoms with Crippen molar-refractivity contribution in [2.75, 3.05) is 5.73 Å². The van der Waals surface area contributed by atoms with Crippen molar-refractivity contribution in [1.29, 1.82) is 0 Å². The van der Waals surface area contributed by atoms with Crippen molar-refractivity contribution in [2.45, 2.75) is 0 Å². The Balaban J connectivity index is 2.37. The summed E-state index contributed by atoms with van der Waals surface area (Å²) in [6.07, 6.45) is 0. The minimum absolute atomic E-state index is 0.0370. The SMILES string of the molecule is Nc1ccc(Oc2cccc(Br)c2)c(C(=O)O)c1. The van der Waals surface area contributed by atoms with Gasteiger partial charge in [0.15, 0.2) is 0 Å². The third-order valence-electron chi connectivity index (χ3n) is 2.26. The molecule has 0 aliphatic carbocycles. The van der Waals surface area contributed by atoms with E-state index in [2.05, 4.69) is 15.9 Å². The molecule has 0 bridgehead atoms. The Morgan fingerprint density at radius 1 is 1.22 bits per heavy atom. The number of carboxylic acid groups (broad SMARTS) is 1. The Kier molecular flexibility index (Phi) is 3.53. The van der Waals surface area contributed by atoms with Crippen LogP contribution < -0.4 is 10.5 Å². The number of hydrogen-bond acceptors (Lipinski definition) is 3. The van der Waals surface area contributed by atoms with Crippen molar-refractivity contribution in [3.63, 3.8) is 0 Å². The lowest BCUT2D eigenvalue weighted by Gasteiger charge is -2.09. The molecule has 0 unspecified atom stereocenters. The molecule has 0 atom stereocenters. The van der Waals surface area contributed by atoms with Gasteiger partial charge in [-0.1, -0.05) is 22.0 Å². The van der Waals surface area contributed by atoms with Gasteiger partial charge in [-0.2, -0.15) is 0 Å². The zero-order valence-electron chi connectivity index (χ0n) is 9.26. The molecular weight excluding hydrogens is 298 g/mol. The van der Waals surface area contributed by atoms with Gasteiger partial charge in [0, 0.05) is 10.2 Å². The maximum Gasteiger partial charge on any atom is 0.339 e. The van der Waals surface area contributed by atoms with Gasteiger partial charge in [0.25, 0.3) is 0 Å². The van der Waals surface area contributed by atoms with Crippen molar-refractivity contribution in [3.05, 3.63) is 52.5 Å². The number of ether oxygens (including phenoxy) is 1. The van der Waals surface area contributed by atoms with E-state index in [1.807, 2.05) is 6.07 Å². The van der Waals surface area contributed by atoms with Crippen molar-refractivity contribution in [2.24, 2.45) is 0 Å². The number of carboxylic acids is 1. The Morgan fingerprint density at radius 3 is 2.67 bits per heavy atom. The first-order valence-electron chi connectivity index (χ1n) is 5.12. The highest BCUT2D eigenvalue weighted by Crippen LogP contribution is 2.28. The number of benzene rings is 2. The van der Waals surface area contributed by atoms with Crippen LogP contribution in [0.2, 0.25) is 0 Å². The molecule has 0 saturated heterocycles. The Bertz CT molecular complexity index is 599. The number of nitrogen functional groups attached to an aromatic ring is 1. The van der Waals surface area contributed by atoms with E-state index in [1.54, 1.807) is 30.3 Å². The Morgan fingerprint density at radius 2 is 2.00 bits per heavy atom. The van der Waals surface area contributed by atoms with E-state index < -0.39 is 5.97 Å². The molecule has 0 heterocycles. The third-order valence-corrected chi connectivity index (χ3v) is 2.75. The summed E-state index contributed by atoms with van der Waals surface area (Å²) >= 11 is 3.32. The van der Waals surface area contributed by atoms with Gasteiger partial charge in [-0.15, -0.1) is 0 Å². The summed E-state index contributed by atoms with van der Waals surface area (Å²) in [6.45, 7) is 0. The largest absolute Gasteiger partial charge is 0.478 e. The predicted octanol–water partition coefficient (Wildman–Crippen LogP) is 3.52. The van der Waals surface area contributed by atoms with E-state index in [0.29, 0.717) is 11.4 Å². The van der Waals surface area contributed by atoms with Gasteiger partial charge >= 0.3 is 5.97 Å². The summed E-state index contributed by atoms with van der Waals surface area (Å²) < 4.78 is 6.39. The molecule has 2 aromatic carbocycles. The fourth-order valence-electron chi connectivity index (χ4n) is 1.46. The van der Waals surface area contributed by atoms with Gasteiger partial charge in [0.2, 0.25) is 0 Å². The van der Waals surface area contributed by atoms with Crippen LogP contribution in [-0.4, -0.2) is 11.1 Å². The van der Waals surface area contributed by atoms with Crippen LogP contribution in [0.4, 0.5) is 5.69 Å². The first kappa shape index (κ1) is 12.4. The Hall–Kier alpha value is -2.01. The van der Waals surface area contributed by atoms with E-state index in [-0.39, 0.29) is 11.3 Å². The van der Waals surface area contributed by atoms with Crippen LogP contribution in [-0.2, 0) is 0 Å². The fourth-order valence-corrected chi connectivity index (χ4v) is 1.84. The topological polar surface area (TPSA) is 72.5 Å². The number of aromatic carboxylic acids is 1. The van der Waals surface area contributed by atoms with E-state index in [1.165, 1.54) is 6.07 Å². The highest BCUT2D eigenvalue weighted by molar-refractivity contribution is 9.10. The van der Waals surface area contributed by atoms with Crippen LogP contribution in [0.25, 0.3) is 0 Å². The van der Waals surface area contributed by atoms with Crippen molar-refractivity contribution in [1.82, 2.24) is 0 Å². The number of nitrogens with two attached hydrogens (primary N) is 1. The molecule has 92 valence electrons. The molecule has 0 aliphatic heterocycles. The second-order valence-corrected chi connectivity index (χ2v) is 4.54. The van der Waals surface area contributed by atoms with Crippen molar-refractivity contribution >= 4 is 27.6 Å². The number of anilines is 1. The normalized spacial score (nSPS) is 10.1. The number of halogens is 1. The molecule has 0 aromatic heterocycles. The number of carbonyl (C=O) groups is 1. The molecule has 3 N–H and O–H groups in total. The quantitative estimate of drug-likeness (QED) is 0.851. The molecule has 0 radical (unpaired) electrons. The van der Waals surface area contributed by atoms with E-state index in [0.717, 1.165) is 4.47 Å². The first-order chi connectivity index (χ1) is 8.56. The van der Waals surface area contributed by atoms with Crippen LogP contribution in [0, 0.1) is 0 Å². The fraction of sp³-hybridized carbons (Fsp3) is 0. The minimum Gasteiger partial charge on any atom is -0.478 e. The van der Waals surface area contributed by atoms with Gasteiger partial charge in [-0.25, -0.2) is 4.79 Å². The number of hydrogen-bond donors (Lipinski definition) is 2. The standard InChI is InChI=1S/C13H10BrNO3/c14-8-2-1-3-10(6-8)18-12-5-4-9(15)7-11(12)13(16)17/h1-7H,15H2,(H,16,17). The lowest BCUT2D eigenvalue weighted by Crippen LogP contribution is -2.01. The molecule has 5 heteroatoms. The molecule has 0 saturated carbocycles. The second kappa shape index (κ2) is 5.10. The van der Waals surface area contributed by atoms with Crippen molar-refractivity contribution in [3.8, 4) is 11.5 Å². The predicted molar refractivity (Wildman–Crippen MR) is 72.0 cm³/mol. The van der Waals surface area contributed by atoms with Crippen LogP contribution in [0.5, 0.6) is 11.5 Å². The lowest BCUT2D eigenvalue weighted by molar-refractivity contribution is 0.0694. The van der Waals surface area contributed by atoms with Gasteiger partial charge < -0.3 is 15.6 Å². The van der Waals surface area contributed by atoms with Crippen LogP contribution in [0.15, 0.2) is 46.9 Å². The second-order valence-electron chi connectivity index (χ2n) is 3.62. The van der Waals surface area contributed by atoms with E-state index >= 15 is 0 Å². The molecule has 2 rings (SSSR count). The minimum atomic E-state index is -1.08. The third kappa shape index (κ3) is 2.81. The highest BCUT2D eigenvalue weighted by Gasteiger charge is 2.12. The summed E-state index contributed by atoms with van der Waals surface area (Å²) in [4.78, 5) is 11.1. The van der Waals surface area contributed by atoms with Crippen LogP contribution in [0.1, 0.15) is 10.4 Å². The molecule has 18 heavy (non-hydrogen) atoms. The molecular formula is C13H10BrNO3. The van der Waals surface area contributed by atoms with Crippen molar-refractivity contribution < 1.29 is 14.6 Å². The van der Waals surface area contributed by atoms with Gasteiger partial charge in [-0.05, 0) is 36.4 Å². The molecule has 0 aliphatic rings. The first-order valence-corrected chi connectivity index (χ1v) is 5.92. The Labute approximate surface area is 112 Å². The van der Waals surface area contributed by atoms with Crippen LogP contribution >= 0.6 is 15.9 Å². The molecule has 0 fully saturated rings. The molecule has 4 nitrogen and oxygen atoms in total. The summed E-state index contributed by atoms with van der Waals surface area (Å²) in [7, 11) is 0. The smallest absolute Gasteiger partial charge is 0.339 e. The maximum absolute atomic E-state index is 11.1. The monoisotopic (exact) mass is 307 g/mol. The summed E-state index contributed by atoms with van der Waals surface area (Å²) in [5.41, 5.74) is 5.98. The molecule has 2 aromatic rings.